The third kappa shape index (κ3) is 5.31. The summed E-state index contributed by atoms with van der Waals surface area (Å²) in [6.07, 6.45) is 3.58. The molecule has 1 amide bonds. The quantitative estimate of drug-likeness (QED) is 0.667. The first-order chi connectivity index (χ1) is 14.5. The SMILES string of the molecule is CCCOC(=O)N1CCc2c(OCCc3ncoc3C)ccc(CCC(=O)O)c2C1. The van der Waals surface area contributed by atoms with Crippen LogP contribution in [0.2, 0.25) is 0 Å². The van der Waals surface area contributed by atoms with Crippen LogP contribution in [-0.4, -0.2) is 46.8 Å². The van der Waals surface area contributed by atoms with Gasteiger partial charge in [-0.15, -0.1) is 0 Å². The monoisotopic (exact) mass is 416 g/mol. The lowest BCUT2D eigenvalue weighted by Crippen LogP contribution is -2.37. The van der Waals surface area contributed by atoms with Crippen molar-refractivity contribution in [3.05, 3.63) is 46.7 Å². The summed E-state index contributed by atoms with van der Waals surface area (Å²) in [4.78, 5) is 29.2. The van der Waals surface area contributed by atoms with Gasteiger partial charge in [-0.25, -0.2) is 9.78 Å². The van der Waals surface area contributed by atoms with Gasteiger partial charge in [-0.2, -0.15) is 0 Å². The number of amides is 1. The molecule has 0 bridgehead atoms. The zero-order chi connectivity index (χ0) is 21.5. The highest BCUT2D eigenvalue weighted by Crippen LogP contribution is 2.32. The lowest BCUT2D eigenvalue weighted by Gasteiger charge is -2.31. The Morgan fingerprint density at radius 2 is 2.07 bits per heavy atom. The first-order valence-corrected chi connectivity index (χ1v) is 10.3. The average Bonchev–Trinajstić information content (AvgIpc) is 3.15. The molecule has 1 aromatic carbocycles. The third-order valence-electron chi connectivity index (χ3n) is 5.20. The highest BCUT2D eigenvalue weighted by molar-refractivity contribution is 5.69. The van der Waals surface area contributed by atoms with Crippen LogP contribution in [-0.2, 0) is 35.3 Å². The summed E-state index contributed by atoms with van der Waals surface area (Å²) in [5.41, 5.74) is 3.80. The fourth-order valence-electron chi connectivity index (χ4n) is 3.58. The van der Waals surface area contributed by atoms with E-state index in [-0.39, 0.29) is 12.5 Å². The number of carbonyl (C=O) groups excluding carboxylic acids is 1. The van der Waals surface area contributed by atoms with E-state index in [0.29, 0.717) is 45.6 Å². The molecule has 2 aromatic rings. The number of rotatable bonds is 9. The molecule has 0 spiro atoms. The predicted molar refractivity (Wildman–Crippen MR) is 109 cm³/mol. The van der Waals surface area contributed by atoms with Gasteiger partial charge in [0.2, 0.25) is 0 Å². The Kier molecular flexibility index (Phi) is 7.32. The molecule has 0 atom stereocenters. The van der Waals surface area contributed by atoms with Crippen molar-refractivity contribution in [2.45, 2.75) is 52.5 Å². The second-order valence-electron chi connectivity index (χ2n) is 7.31. The number of ether oxygens (including phenoxy) is 2. The van der Waals surface area contributed by atoms with Crippen LogP contribution in [0, 0.1) is 6.92 Å². The van der Waals surface area contributed by atoms with Gasteiger partial charge in [-0.3, -0.25) is 4.79 Å². The van der Waals surface area contributed by atoms with E-state index in [1.54, 1.807) is 4.90 Å². The maximum Gasteiger partial charge on any atom is 0.410 e. The smallest absolute Gasteiger partial charge is 0.410 e. The van der Waals surface area contributed by atoms with Crippen LogP contribution in [0.25, 0.3) is 0 Å². The lowest BCUT2D eigenvalue weighted by molar-refractivity contribution is -0.136. The molecule has 0 fully saturated rings. The zero-order valence-electron chi connectivity index (χ0n) is 17.5. The normalized spacial score (nSPS) is 13.1. The number of hydrogen-bond donors (Lipinski definition) is 1. The Morgan fingerprint density at radius 1 is 1.23 bits per heavy atom. The van der Waals surface area contributed by atoms with E-state index in [1.165, 1.54) is 6.39 Å². The lowest BCUT2D eigenvalue weighted by atomic mass is 9.92. The number of nitrogens with zero attached hydrogens (tertiary/aromatic N) is 2. The Hall–Kier alpha value is -3.03. The van der Waals surface area contributed by atoms with Gasteiger partial charge >= 0.3 is 12.1 Å². The number of aliphatic carboxylic acids is 1. The number of oxazole rings is 1. The third-order valence-corrected chi connectivity index (χ3v) is 5.20. The second kappa shape index (κ2) is 10.1. The van der Waals surface area contributed by atoms with Crippen LogP contribution in [0.3, 0.4) is 0 Å². The molecule has 3 rings (SSSR count). The fourth-order valence-corrected chi connectivity index (χ4v) is 3.58. The van der Waals surface area contributed by atoms with E-state index < -0.39 is 5.97 Å². The van der Waals surface area contributed by atoms with Gasteiger partial charge < -0.3 is 23.9 Å². The number of carboxylic acid groups (broad SMARTS) is 1. The molecule has 8 nitrogen and oxygen atoms in total. The number of carboxylic acids is 1. The minimum atomic E-state index is -0.845. The molecule has 1 N–H and O–H groups in total. The summed E-state index contributed by atoms with van der Waals surface area (Å²) in [6, 6.07) is 3.80. The van der Waals surface area contributed by atoms with E-state index in [1.807, 2.05) is 26.0 Å². The number of benzene rings is 1. The standard InChI is InChI=1S/C22H28N2O6/c1-3-11-29-22(27)24-10-8-17-18(13-24)16(5-7-21(25)26)4-6-20(17)28-12-9-19-15(2)30-14-23-19/h4,6,14H,3,5,7-13H2,1-2H3,(H,25,26). The summed E-state index contributed by atoms with van der Waals surface area (Å²) in [6.45, 7) is 5.60. The van der Waals surface area contributed by atoms with Gasteiger partial charge in [-0.1, -0.05) is 13.0 Å². The molecule has 0 aliphatic carbocycles. The topological polar surface area (TPSA) is 102 Å². The van der Waals surface area contributed by atoms with E-state index in [4.69, 9.17) is 19.0 Å². The van der Waals surface area contributed by atoms with Crippen molar-refractivity contribution < 1.29 is 28.6 Å². The van der Waals surface area contributed by atoms with Crippen LogP contribution < -0.4 is 4.74 Å². The molecule has 1 aliphatic heterocycles. The summed E-state index contributed by atoms with van der Waals surface area (Å²) in [7, 11) is 0. The zero-order valence-corrected chi connectivity index (χ0v) is 17.5. The summed E-state index contributed by atoms with van der Waals surface area (Å²) < 4.78 is 16.5. The van der Waals surface area contributed by atoms with Gasteiger partial charge in [0.15, 0.2) is 6.39 Å². The molecule has 1 aromatic heterocycles. The molecule has 8 heteroatoms. The molecule has 1 aliphatic rings. The van der Waals surface area contributed by atoms with Crippen molar-refractivity contribution in [1.29, 1.82) is 0 Å². The van der Waals surface area contributed by atoms with Crippen LogP contribution in [0.4, 0.5) is 4.79 Å². The summed E-state index contributed by atoms with van der Waals surface area (Å²) >= 11 is 0. The van der Waals surface area contributed by atoms with Gasteiger partial charge in [0.05, 0.1) is 18.9 Å². The Morgan fingerprint density at radius 3 is 2.77 bits per heavy atom. The van der Waals surface area contributed by atoms with Crippen molar-refractivity contribution in [1.82, 2.24) is 9.88 Å². The van der Waals surface area contributed by atoms with Gasteiger partial charge in [0.25, 0.3) is 0 Å². The first kappa shape index (κ1) is 21.7. The van der Waals surface area contributed by atoms with E-state index >= 15 is 0 Å². The van der Waals surface area contributed by atoms with E-state index in [0.717, 1.165) is 40.3 Å². The molecule has 0 radical (unpaired) electrons. The number of hydrogen-bond acceptors (Lipinski definition) is 6. The Bertz CT molecular complexity index is 892. The molecule has 0 saturated carbocycles. The molecular formula is C22H28N2O6. The van der Waals surface area contributed by atoms with Crippen molar-refractivity contribution in [2.75, 3.05) is 19.8 Å². The van der Waals surface area contributed by atoms with E-state index in [2.05, 4.69) is 4.98 Å². The predicted octanol–water partition coefficient (Wildman–Crippen LogP) is 3.53. The minimum Gasteiger partial charge on any atom is -0.493 e. The number of aryl methyl sites for hydroxylation is 2. The average molecular weight is 416 g/mol. The molecule has 0 saturated heterocycles. The molecule has 0 unspecified atom stereocenters. The van der Waals surface area contributed by atoms with Gasteiger partial charge in [0.1, 0.15) is 11.5 Å². The first-order valence-electron chi connectivity index (χ1n) is 10.3. The van der Waals surface area contributed by atoms with Crippen LogP contribution >= 0.6 is 0 Å². The van der Waals surface area contributed by atoms with Crippen molar-refractivity contribution in [3.8, 4) is 5.75 Å². The molecule has 162 valence electrons. The summed E-state index contributed by atoms with van der Waals surface area (Å²) in [5.74, 6) is 0.708. The number of aromatic nitrogens is 1. The second-order valence-corrected chi connectivity index (χ2v) is 7.31. The van der Waals surface area contributed by atoms with Crippen molar-refractivity contribution in [2.24, 2.45) is 0 Å². The van der Waals surface area contributed by atoms with E-state index in [9.17, 15) is 9.59 Å². The Balaban J connectivity index is 1.76. The minimum absolute atomic E-state index is 0.0400. The molecule has 2 heterocycles. The van der Waals surface area contributed by atoms with Crippen LogP contribution in [0.15, 0.2) is 22.9 Å². The maximum atomic E-state index is 12.3. The highest BCUT2D eigenvalue weighted by atomic mass is 16.6. The number of fused-ring (bicyclic) bond motifs is 1. The Labute approximate surface area is 175 Å². The molecule has 30 heavy (non-hydrogen) atoms. The maximum absolute atomic E-state index is 12.3. The highest BCUT2D eigenvalue weighted by Gasteiger charge is 2.26. The fraction of sp³-hybridized carbons (Fsp3) is 0.500. The van der Waals surface area contributed by atoms with Crippen molar-refractivity contribution in [3.63, 3.8) is 0 Å². The summed E-state index contributed by atoms with van der Waals surface area (Å²) in [5, 5.41) is 9.08. The van der Waals surface area contributed by atoms with Gasteiger partial charge in [0, 0.05) is 31.5 Å². The van der Waals surface area contributed by atoms with Crippen molar-refractivity contribution >= 4 is 12.1 Å². The largest absolute Gasteiger partial charge is 0.493 e. The van der Waals surface area contributed by atoms with Gasteiger partial charge in [-0.05, 0) is 43.4 Å². The number of carbonyl (C=O) groups is 2. The van der Waals surface area contributed by atoms with Crippen LogP contribution in [0.5, 0.6) is 5.75 Å². The molecular weight excluding hydrogens is 388 g/mol. The van der Waals surface area contributed by atoms with Crippen LogP contribution in [0.1, 0.15) is 47.9 Å².